The maximum absolute atomic E-state index is 13.3. The number of hydrogen-bond acceptors (Lipinski definition) is 3. The van der Waals surface area contributed by atoms with Gasteiger partial charge in [0, 0.05) is 31.9 Å². The fourth-order valence-electron chi connectivity index (χ4n) is 2.65. The Hall–Kier alpha value is -2.68. The highest BCUT2D eigenvalue weighted by atomic mass is 127. The van der Waals surface area contributed by atoms with Gasteiger partial charge in [0.1, 0.15) is 12.4 Å². The second-order valence-corrected chi connectivity index (χ2v) is 6.15. The number of benzene rings is 2. The molecule has 0 amide bonds. The Bertz CT molecular complexity index is 921. The summed E-state index contributed by atoms with van der Waals surface area (Å²) in [4.78, 5) is 8.54. The number of halogens is 2. The molecule has 0 aliphatic rings. The van der Waals surface area contributed by atoms with Crippen LogP contribution in [0.3, 0.4) is 0 Å². The highest BCUT2D eigenvalue weighted by Crippen LogP contribution is 2.16. The van der Waals surface area contributed by atoms with Crippen molar-refractivity contribution in [1.82, 2.24) is 15.6 Å². The first-order valence-electron chi connectivity index (χ1n) is 9.04. The van der Waals surface area contributed by atoms with Gasteiger partial charge in [0.25, 0.3) is 0 Å². The van der Waals surface area contributed by atoms with Crippen LogP contribution in [-0.2, 0) is 19.7 Å². The number of ether oxygens (including phenoxy) is 1. The lowest BCUT2D eigenvalue weighted by molar-refractivity contribution is 0.290. The number of hydrogen-bond donors (Lipinski definition) is 2. The van der Waals surface area contributed by atoms with Gasteiger partial charge in [-0.3, -0.25) is 4.99 Å². The molecule has 2 N–H and O–H groups in total. The van der Waals surface area contributed by atoms with Gasteiger partial charge in [0.05, 0.1) is 0 Å². The summed E-state index contributed by atoms with van der Waals surface area (Å²) in [5, 5.41) is 6.41. The van der Waals surface area contributed by atoms with Crippen molar-refractivity contribution >= 4 is 29.9 Å². The predicted octanol–water partition coefficient (Wildman–Crippen LogP) is 4.28. The van der Waals surface area contributed by atoms with E-state index in [-0.39, 0.29) is 29.8 Å². The normalized spacial score (nSPS) is 10.8. The van der Waals surface area contributed by atoms with Crippen LogP contribution in [0.2, 0.25) is 0 Å². The van der Waals surface area contributed by atoms with Gasteiger partial charge in [-0.2, -0.15) is 0 Å². The lowest BCUT2D eigenvalue weighted by atomic mass is 10.2. The second-order valence-electron chi connectivity index (χ2n) is 6.15. The lowest BCUT2D eigenvalue weighted by Crippen LogP contribution is -2.36. The first kappa shape index (κ1) is 22.6. The van der Waals surface area contributed by atoms with Gasteiger partial charge < -0.3 is 15.4 Å². The van der Waals surface area contributed by atoms with Crippen molar-refractivity contribution in [2.24, 2.45) is 4.99 Å². The fraction of sp³-hybridized carbons (Fsp3) is 0.182. The average Bonchev–Trinajstić information content (AvgIpc) is 2.74. The first-order valence-corrected chi connectivity index (χ1v) is 9.04. The molecule has 152 valence electrons. The maximum Gasteiger partial charge on any atom is 0.218 e. The summed E-state index contributed by atoms with van der Waals surface area (Å²) in [7, 11) is 1.69. The van der Waals surface area contributed by atoms with Crippen LogP contribution in [0, 0.1) is 5.82 Å². The van der Waals surface area contributed by atoms with Crippen LogP contribution in [0.1, 0.15) is 16.7 Å². The van der Waals surface area contributed by atoms with Gasteiger partial charge in [-0.15, -0.1) is 24.0 Å². The van der Waals surface area contributed by atoms with Gasteiger partial charge in [-0.25, -0.2) is 9.37 Å². The lowest BCUT2D eigenvalue weighted by Gasteiger charge is -2.14. The van der Waals surface area contributed by atoms with Crippen molar-refractivity contribution in [3.8, 4) is 5.88 Å². The zero-order valence-electron chi connectivity index (χ0n) is 16.1. The Labute approximate surface area is 187 Å². The van der Waals surface area contributed by atoms with Gasteiger partial charge >= 0.3 is 0 Å². The molecule has 1 heterocycles. The minimum Gasteiger partial charge on any atom is -0.473 e. The number of aromatic nitrogens is 1. The van der Waals surface area contributed by atoms with Crippen molar-refractivity contribution < 1.29 is 9.13 Å². The monoisotopic (exact) mass is 506 g/mol. The van der Waals surface area contributed by atoms with Crippen LogP contribution in [0.25, 0.3) is 0 Å². The Balaban J connectivity index is 0.00000300. The van der Waals surface area contributed by atoms with E-state index in [1.165, 1.54) is 12.1 Å². The molecule has 0 atom stereocenters. The summed E-state index contributed by atoms with van der Waals surface area (Å²) in [6, 6.07) is 20.3. The van der Waals surface area contributed by atoms with E-state index in [0.717, 1.165) is 16.7 Å². The second kappa shape index (κ2) is 12.0. The SMILES string of the molecule is CN=C(NCc1cccc(F)c1)NCc1cccnc1OCc1ccccc1.I. The fourth-order valence-corrected chi connectivity index (χ4v) is 2.65. The average molecular weight is 506 g/mol. The molecule has 29 heavy (non-hydrogen) atoms. The molecule has 3 rings (SSSR count). The van der Waals surface area contributed by atoms with E-state index in [4.69, 9.17) is 4.74 Å². The molecule has 0 saturated heterocycles. The number of rotatable bonds is 7. The van der Waals surface area contributed by atoms with Crippen LogP contribution < -0.4 is 15.4 Å². The van der Waals surface area contributed by atoms with Crippen molar-refractivity contribution in [1.29, 1.82) is 0 Å². The van der Waals surface area contributed by atoms with E-state index in [1.54, 1.807) is 19.3 Å². The molecule has 0 unspecified atom stereocenters. The van der Waals surface area contributed by atoms with Crippen LogP contribution in [0.4, 0.5) is 4.39 Å². The predicted molar refractivity (Wildman–Crippen MR) is 124 cm³/mol. The van der Waals surface area contributed by atoms with Crippen molar-refractivity contribution in [3.05, 3.63) is 95.4 Å². The zero-order valence-corrected chi connectivity index (χ0v) is 18.5. The van der Waals surface area contributed by atoms with E-state index in [0.29, 0.717) is 31.5 Å². The third-order valence-corrected chi connectivity index (χ3v) is 4.09. The summed E-state index contributed by atoms with van der Waals surface area (Å²) < 4.78 is 19.2. The summed E-state index contributed by atoms with van der Waals surface area (Å²) in [5.74, 6) is 0.944. The highest BCUT2D eigenvalue weighted by Gasteiger charge is 2.07. The van der Waals surface area contributed by atoms with E-state index in [2.05, 4.69) is 20.6 Å². The maximum atomic E-state index is 13.3. The van der Waals surface area contributed by atoms with Gasteiger partial charge in [-0.05, 0) is 29.3 Å². The molecular weight excluding hydrogens is 482 g/mol. The van der Waals surface area contributed by atoms with Crippen molar-refractivity contribution in [2.75, 3.05) is 7.05 Å². The molecule has 0 saturated carbocycles. The molecule has 0 radical (unpaired) electrons. The number of aliphatic imine (C=N–C) groups is 1. The quantitative estimate of drug-likeness (QED) is 0.286. The molecule has 3 aromatic rings. The Morgan fingerprint density at radius 2 is 1.72 bits per heavy atom. The zero-order chi connectivity index (χ0) is 19.6. The van der Waals surface area contributed by atoms with E-state index in [9.17, 15) is 4.39 Å². The molecule has 7 heteroatoms. The van der Waals surface area contributed by atoms with E-state index < -0.39 is 0 Å². The van der Waals surface area contributed by atoms with Crippen LogP contribution in [-0.4, -0.2) is 18.0 Å². The molecular formula is C22H24FIN4O. The summed E-state index contributed by atoms with van der Waals surface area (Å²) in [5.41, 5.74) is 2.85. The number of nitrogens with one attached hydrogen (secondary N) is 2. The minimum atomic E-state index is -0.252. The summed E-state index contributed by atoms with van der Waals surface area (Å²) in [6.07, 6.45) is 1.71. The Morgan fingerprint density at radius 3 is 2.48 bits per heavy atom. The van der Waals surface area contributed by atoms with Gasteiger partial charge in [0.15, 0.2) is 5.96 Å². The number of guanidine groups is 1. The molecule has 0 aliphatic carbocycles. The third-order valence-electron chi connectivity index (χ3n) is 4.09. The first-order chi connectivity index (χ1) is 13.7. The smallest absolute Gasteiger partial charge is 0.218 e. The van der Waals surface area contributed by atoms with Crippen molar-refractivity contribution in [3.63, 3.8) is 0 Å². The van der Waals surface area contributed by atoms with E-state index in [1.807, 2.05) is 48.5 Å². The topological polar surface area (TPSA) is 58.5 Å². The van der Waals surface area contributed by atoms with Crippen LogP contribution in [0.5, 0.6) is 5.88 Å². The highest BCUT2D eigenvalue weighted by molar-refractivity contribution is 14.0. The standard InChI is InChI=1S/C22H23FN4O.HI/c1-24-22(26-14-18-9-5-11-20(23)13-18)27-15-19-10-6-12-25-21(19)28-16-17-7-3-2-4-8-17;/h2-13H,14-16H2,1H3,(H2,24,26,27);1H. The van der Waals surface area contributed by atoms with Crippen LogP contribution in [0.15, 0.2) is 77.9 Å². The van der Waals surface area contributed by atoms with E-state index >= 15 is 0 Å². The van der Waals surface area contributed by atoms with Gasteiger partial charge in [0.2, 0.25) is 5.88 Å². The molecule has 2 aromatic carbocycles. The number of nitrogens with zero attached hydrogens (tertiary/aromatic N) is 2. The van der Waals surface area contributed by atoms with Crippen molar-refractivity contribution in [2.45, 2.75) is 19.7 Å². The molecule has 0 aliphatic heterocycles. The summed E-state index contributed by atoms with van der Waals surface area (Å²) >= 11 is 0. The number of pyridine rings is 1. The minimum absolute atomic E-state index is 0. The van der Waals surface area contributed by atoms with Gasteiger partial charge in [-0.1, -0.05) is 48.5 Å². The summed E-state index contributed by atoms with van der Waals surface area (Å²) in [6.45, 7) is 1.43. The third kappa shape index (κ3) is 7.34. The molecule has 1 aromatic heterocycles. The van der Waals surface area contributed by atoms with Crippen LogP contribution >= 0.6 is 24.0 Å². The molecule has 0 spiro atoms. The Morgan fingerprint density at radius 1 is 0.966 bits per heavy atom. The Kier molecular flexibility index (Phi) is 9.36. The molecule has 5 nitrogen and oxygen atoms in total. The largest absolute Gasteiger partial charge is 0.473 e. The molecule has 0 bridgehead atoms. The molecule has 0 fully saturated rings.